The van der Waals surface area contributed by atoms with Crippen molar-refractivity contribution in [2.75, 3.05) is 21.3 Å². The van der Waals surface area contributed by atoms with Gasteiger partial charge in [-0.15, -0.1) is 0 Å². The van der Waals surface area contributed by atoms with Crippen LogP contribution in [-0.4, -0.2) is 21.3 Å². The molecular weight excluding hydrogens is 336 g/mol. The zero-order valence-electron chi connectivity index (χ0n) is 16.4. The Morgan fingerprint density at radius 1 is 0.630 bits per heavy atom. The second-order valence-electron chi connectivity index (χ2n) is 6.36. The minimum atomic E-state index is 0.706. The molecule has 0 unspecified atom stereocenters. The van der Waals surface area contributed by atoms with Crippen molar-refractivity contribution in [3.63, 3.8) is 0 Å². The van der Waals surface area contributed by atoms with Crippen LogP contribution in [-0.2, 0) is 6.42 Å². The van der Waals surface area contributed by atoms with E-state index in [-0.39, 0.29) is 0 Å². The molecule has 0 saturated heterocycles. The summed E-state index contributed by atoms with van der Waals surface area (Å²) in [5.74, 6) is 2.27. The Bertz CT molecular complexity index is 901. The zero-order valence-corrected chi connectivity index (χ0v) is 16.4. The molecule has 0 bridgehead atoms. The van der Waals surface area contributed by atoms with E-state index in [1.54, 1.807) is 21.3 Å². The summed E-state index contributed by atoms with van der Waals surface area (Å²) in [5, 5.41) is 0. The van der Waals surface area contributed by atoms with Gasteiger partial charge in [0.25, 0.3) is 0 Å². The number of rotatable bonds is 7. The summed E-state index contributed by atoms with van der Waals surface area (Å²) >= 11 is 0. The largest absolute Gasteiger partial charge is 0.496 e. The van der Waals surface area contributed by atoms with Gasteiger partial charge in [-0.3, -0.25) is 0 Å². The summed E-state index contributed by atoms with van der Waals surface area (Å²) in [6.45, 7) is 2.20. The van der Waals surface area contributed by atoms with Gasteiger partial charge in [-0.25, -0.2) is 0 Å². The Kier molecular flexibility index (Phi) is 6.02. The molecule has 0 atom stereocenters. The van der Waals surface area contributed by atoms with Gasteiger partial charge in [0.15, 0.2) is 11.5 Å². The molecule has 3 rings (SSSR count). The van der Waals surface area contributed by atoms with Crippen LogP contribution in [0, 0.1) is 0 Å². The van der Waals surface area contributed by atoms with Crippen molar-refractivity contribution in [2.24, 2.45) is 0 Å². The maximum absolute atomic E-state index is 5.75. The van der Waals surface area contributed by atoms with Crippen LogP contribution in [0.3, 0.4) is 0 Å². The second-order valence-corrected chi connectivity index (χ2v) is 6.36. The van der Waals surface area contributed by atoms with E-state index in [0.717, 1.165) is 29.7 Å². The van der Waals surface area contributed by atoms with Crippen LogP contribution in [0.1, 0.15) is 18.9 Å². The quantitative estimate of drug-likeness (QED) is 0.516. The number of hydrogen-bond acceptors (Lipinski definition) is 3. The maximum Gasteiger partial charge on any atom is 0.161 e. The fraction of sp³-hybridized carbons (Fsp3) is 0.250. The lowest BCUT2D eigenvalue weighted by molar-refractivity contribution is 0.355. The second kappa shape index (κ2) is 8.63. The molecule has 0 aliphatic heterocycles. The van der Waals surface area contributed by atoms with Crippen molar-refractivity contribution in [1.82, 2.24) is 0 Å². The first-order valence-electron chi connectivity index (χ1n) is 9.21. The number of benzene rings is 3. The van der Waals surface area contributed by atoms with Crippen molar-refractivity contribution >= 4 is 0 Å². The Balaban J connectivity index is 2.32. The standard InChI is InChI=1S/C24H26O3/c1-5-9-17-12-15-21(26-3)24(23(17)18-10-7-6-8-11-18)19-13-14-20(25-2)22(16-19)27-4/h6-8,10-16H,5,9H2,1-4H3. The van der Waals surface area contributed by atoms with E-state index in [1.807, 2.05) is 18.2 Å². The molecule has 0 aliphatic carbocycles. The van der Waals surface area contributed by atoms with Crippen LogP contribution < -0.4 is 14.2 Å². The van der Waals surface area contributed by atoms with E-state index in [0.29, 0.717) is 11.5 Å². The van der Waals surface area contributed by atoms with E-state index in [2.05, 4.69) is 49.4 Å². The lowest BCUT2D eigenvalue weighted by Crippen LogP contribution is -1.98. The zero-order chi connectivity index (χ0) is 19.2. The first-order valence-corrected chi connectivity index (χ1v) is 9.21. The van der Waals surface area contributed by atoms with E-state index >= 15 is 0 Å². The minimum Gasteiger partial charge on any atom is -0.496 e. The summed E-state index contributed by atoms with van der Waals surface area (Å²) < 4.78 is 16.7. The van der Waals surface area contributed by atoms with E-state index in [1.165, 1.54) is 16.7 Å². The van der Waals surface area contributed by atoms with Gasteiger partial charge in [0.1, 0.15) is 5.75 Å². The average molecular weight is 362 g/mol. The van der Waals surface area contributed by atoms with Crippen LogP contribution >= 0.6 is 0 Å². The molecule has 3 heteroatoms. The number of aryl methyl sites for hydroxylation is 1. The lowest BCUT2D eigenvalue weighted by atomic mass is 9.88. The highest BCUT2D eigenvalue weighted by Gasteiger charge is 2.18. The van der Waals surface area contributed by atoms with Crippen LogP contribution in [0.2, 0.25) is 0 Å². The predicted octanol–water partition coefficient (Wildman–Crippen LogP) is 6.00. The van der Waals surface area contributed by atoms with Gasteiger partial charge in [0, 0.05) is 5.56 Å². The molecule has 0 aromatic heterocycles. The highest BCUT2D eigenvalue weighted by atomic mass is 16.5. The molecule has 27 heavy (non-hydrogen) atoms. The number of hydrogen-bond donors (Lipinski definition) is 0. The number of ether oxygens (including phenoxy) is 3. The molecule has 0 amide bonds. The van der Waals surface area contributed by atoms with Crippen LogP contribution in [0.25, 0.3) is 22.3 Å². The molecule has 140 valence electrons. The predicted molar refractivity (Wildman–Crippen MR) is 111 cm³/mol. The Morgan fingerprint density at radius 3 is 1.93 bits per heavy atom. The normalized spacial score (nSPS) is 10.5. The van der Waals surface area contributed by atoms with Crippen molar-refractivity contribution in [3.05, 3.63) is 66.2 Å². The molecule has 3 aromatic rings. The Labute approximate surface area is 161 Å². The van der Waals surface area contributed by atoms with E-state index < -0.39 is 0 Å². The first kappa shape index (κ1) is 18.8. The highest BCUT2D eigenvalue weighted by Crippen LogP contribution is 2.44. The van der Waals surface area contributed by atoms with Crippen molar-refractivity contribution in [3.8, 4) is 39.5 Å². The molecule has 3 aromatic carbocycles. The molecule has 0 spiro atoms. The molecule has 0 fully saturated rings. The molecular formula is C24H26O3. The summed E-state index contributed by atoms with van der Waals surface area (Å²) in [4.78, 5) is 0. The molecule has 0 aliphatic rings. The monoisotopic (exact) mass is 362 g/mol. The van der Waals surface area contributed by atoms with Gasteiger partial charge in [0.05, 0.1) is 21.3 Å². The third-order valence-electron chi connectivity index (χ3n) is 4.73. The van der Waals surface area contributed by atoms with E-state index in [4.69, 9.17) is 14.2 Å². The van der Waals surface area contributed by atoms with Crippen LogP contribution in [0.15, 0.2) is 60.7 Å². The van der Waals surface area contributed by atoms with E-state index in [9.17, 15) is 0 Å². The number of methoxy groups -OCH3 is 3. The highest BCUT2D eigenvalue weighted by molar-refractivity contribution is 5.90. The van der Waals surface area contributed by atoms with Gasteiger partial charge >= 0.3 is 0 Å². The molecule has 0 N–H and O–H groups in total. The average Bonchev–Trinajstić information content (AvgIpc) is 2.73. The summed E-state index contributed by atoms with van der Waals surface area (Å²) in [6.07, 6.45) is 2.09. The molecule has 0 heterocycles. The summed E-state index contributed by atoms with van der Waals surface area (Å²) in [7, 11) is 5.02. The van der Waals surface area contributed by atoms with Gasteiger partial charge in [-0.2, -0.15) is 0 Å². The Morgan fingerprint density at radius 2 is 1.30 bits per heavy atom. The smallest absolute Gasteiger partial charge is 0.161 e. The minimum absolute atomic E-state index is 0.706. The van der Waals surface area contributed by atoms with Crippen molar-refractivity contribution < 1.29 is 14.2 Å². The lowest BCUT2D eigenvalue weighted by Gasteiger charge is -2.20. The van der Waals surface area contributed by atoms with Crippen LogP contribution in [0.4, 0.5) is 0 Å². The molecule has 3 nitrogen and oxygen atoms in total. The van der Waals surface area contributed by atoms with Gasteiger partial charge in [-0.05, 0) is 46.9 Å². The first-order chi connectivity index (χ1) is 13.2. The third kappa shape index (κ3) is 3.77. The topological polar surface area (TPSA) is 27.7 Å². The SMILES string of the molecule is CCCc1ccc(OC)c(-c2ccc(OC)c(OC)c2)c1-c1ccccc1. The summed E-state index contributed by atoms with van der Waals surface area (Å²) in [5.41, 5.74) is 5.83. The van der Waals surface area contributed by atoms with Crippen molar-refractivity contribution in [1.29, 1.82) is 0 Å². The third-order valence-corrected chi connectivity index (χ3v) is 4.73. The van der Waals surface area contributed by atoms with Crippen LogP contribution in [0.5, 0.6) is 17.2 Å². The fourth-order valence-electron chi connectivity index (χ4n) is 3.49. The van der Waals surface area contributed by atoms with Gasteiger partial charge < -0.3 is 14.2 Å². The molecule has 0 radical (unpaired) electrons. The fourth-order valence-corrected chi connectivity index (χ4v) is 3.49. The Hall–Kier alpha value is -2.94. The van der Waals surface area contributed by atoms with Gasteiger partial charge in [0.2, 0.25) is 0 Å². The summed E-state index contributed by atoms with van der Waals surface area (Å²) in [6, 6.07) is 20.7. The van der Waals surface area contributed by atoms with Crippen molar-refractivity contribution in [2.45, 2.75) is 19.8 Å². The molecule has 0 saturated carbocycles. The maximum atomic E-state index is 5.75. The van der Waals surface area contributed by atoms with Gasteiger partial charge in [-0.1, -0.05) is 55.8 Å².